The van der Waals surface area contributed by atoms with Gasteiger partial charge in [-0.2, -0.15) is 0 Å². The first-order chi connectivity index (χ1) is 12.0. The van der Waals surface area contributed by atoms with Gasteiger partial charge in [0.15, 0.2) is 0 Å². The van der Waals surface area contributed by atoms with Gasteiger partial charge in [0.25, 0.3) is 0 Å². The first-order valence-corrected chi connectivity index (χ1v) is 11.6. The minimum Gasteiger partial charge on any atom is -0.371 e. The van der Waals surface area contributed by atoms with E-state index in [4.69, 9.17) is 24.7 Å². The lowest BCUT2D eigenvalue weighted by atomic mass is 9.92. The highest BCUT2D eigenvalue weighted by molar-refractivity contribution is 6.60. The van der Waals surface area contributed by atoms with E-state index in [-0.39, 0.29) is 18.3 Å². The van der Waals surface area contributed by atoms with Gasteiger partial charge in [-0.25, -0.2) is 0 Å². The van der Waals surface area contributed by atoms with Crippen molar-refractivity contribution in [2.75, 3.05) is 0 Å². The minimum atomic E-state index is -2.84. The highest BCUT2D eigenvalue weighted by Crippen LogP contribution is 2.27. The fraction of sp³-hybridized carbons (Fsp3) is 0.700. The van der Waals surface area contributed by atoms with Crippen molar-refractivity contribution in [2.24, 2.45) is 11.5 Å². The third kappa shape index (κ3) is 7.10. The van der Waals surface area contributed by atoms with Gasteiger partial charge in [-0.15, -0.1) is 0 Å². The molecule has 0 saturated carbocycles. The number of benzene rings is 1. The second-order valence-corrected chi connectivity index (χ2v) is 10.3. The molecule has 1 rings (SSSR count). The SMILES string of the molecule is CCC(N)(N)c1ccccc1CC[Si](OC(C)C)(OC(C)C)OC(C)C. The normalized spacial score (nSPS) is 13.2. The fourth-order valence-corrected chi connectivity index (χ4v) is 6.26. The van der Waals surface area contributed by atoms with Crippen LogP contribution in [0.15, 0.2) is 24.3 Å². The molecule has 150 valence electrons. The van der Waals surface area contributed by atoms with Crippen molar-refractivity contribution in [1.29, 1.82) is 0 Å². The molecule has 4 N–H and O–H groups in total. The quantitative estimate of drug-likeness (QED) is 0.448. The number of hydrogen-bond donors (Lipinski definition) is 2. The summed E-state index contributed by atoms with van der Waals surface area (Å²) in [5.74, 6) is 0. The summed E-state index contributed by atoms with van der Waals surface area (Å²) in [5, 5.41) is 0. The van der Waals surface area contributed by atoms with Crippen LogP contribution < -0.4 is 11.5 Å². The number of hydrogen-bond acceptors (Lipinski definition) is 5. The first-order valence-electron chi connectivity index (χ1n) is 9.71. The lowest BCUT2D eigenvalue weighted by Gasteiger charge is -2.35. The van der Waals surface area contributed by atoms with E-state index in [0.717, 1.165) is 17.5 Å². The summed E-state index contributed by atoms with van der Waals surface area (Å²) in [6.45, 7) is 14.1. The molecule has 0 saturated heterocycles. The maximum absolute atomic E-state index is 6.32. The van der Waals surface area contributed by atoms with Crippen molar-refractivity contribution in [3.8, 4) is 0 Å². The van der Waals surface area contributed by atoms with Crippen LogP contribution in [-0.4, -0.2) is 27.1 Å². The molecule has 0 unspecified atom stereocenters. The third-order valence-electron chi connectivity index (χ3n) is 4.05. The van der Waals surface area contributed by atoms with Crippen molar-refractivity contribution >= 4 is 8.80 Å². The number of rotatable bonds is 11. The van der Waals surface area contributed by atoms with Crippen LogP contribution in [0.1, 0.15) is 66.0 Å². The molecule has 0 fully saturated rings. The Hall–Kier alpha value is -0.763. The zero-order valence-electron chi connectivity index (χ0n) is 17.5. The lowest BCUT2D eigenvalue weighted by molar-refractivity contribution is 0.00328. The van der Waals surface area contributed by atoms with Crippen molar-refractivity contribution in [2.45, 2.75) is 91.3 Å². The Morgan fingerprint density at radius 2 is 1.35 bits per heavy atom. The standard InChI is InChI=1S/C20H38N2O3Si/c1-8-20(21,22)19-12-10-9-11-18(19)13-14-26(23-15(2)3,24-16(4)5)25-17(6)7/h9-12,15-17H,8,13-14,21-22H2,1-7H3. The summed E-state index contributed by atoms with van der Waals surface area (Å²) in [5.41, 5.74) is 13.9. The average molecular weight is 383 g/mol. The molecule has 0 aliphatic rings. The molecule has 0 aromatic heterocycles. The minimum absolute atomic E-state index is 0.0353. The van der Waals surface area contributed by atoms with E-state index in [1.54, 1.807) is 0 Å². The predicted octanol–water partition coefficient (Wildman–Crippen LogP) is 3.92. The smallest absolute Gasteiger partial charge is 0.371 e. The molecule has 0 heterocycles. The fourth-order valence-electron chi connectivity index (χ4n) is 3.01. The van der Waals surface area contributed by atoms with Gasteiger partial charge in [-0.05, 0) is 65.5 Å². The Balaban J connectivity index is 3.13. The van der Waals surface area contributed by atoms with Crippen molar-refractivity contribution < 1.29 is 13.3 Å². The molecule has 26 heavy (non-hydrogen) atoms. The maximum atomic E-state index is 6.32. The van der Waals surface area contributed by atoms with Crippen LogP contribution >= 0.6 is 0 Å². The second-order valence-electron chi connectivity index (χ2n) is 7.73. The van der Waals surface area contributed by atoms with Gasteiger partial charge in [0.2, 0.25) is 0 Å². The largest absolute Gasteiger partial charge is 0.501 e. The third-order valence-corrected chi connectivity index (χ3v) is 7.40. The van der Waals surface area contributed by atoms with E-state index in [9.17, 15) is 0 Å². The molecule has 0 spiro atoms. The summed E-state index contributed by atoms with van der Waals surface area (Å²) < 4.78 is 18.8. The van der Waals surface area contributed by atoms with Gasteiger partial charge >= 0.3 is 8.80 Å². The van der Waals surface area contributed by atoms with Crippen molar-refractivity contribution in [3.05, 3.63) is 35.4 Å². The van der Waals surface area contributed by atoms with Gasteiger partial charge in [0.05, 0.1) is 5.66 Å². The molecule has 5 nitrogen and oxygen atoms in total. The van der Waals surface area contributed by atoms with Gasteiger partial charge in [-0.1, -0.05) is 31.2 Å². The van der Waals surface area contributed by atoms with Gasteiger partial charge in [0, 0.05) is 24.4 Å². The van der Waals surface area contributed by atoms with Gasteiger partial charge < -0.3 is 24.7 Å². The van der Waals surface area contributed by atoms with Crippen LogP contribution in [0, 0.1) is 0 Å². The van der Waals surface area contributed by atoms with Crippen LogP contribution in [0.25, 0.3) is 0 Å². The summed E-state index contributed by atoms with van der Waals surface area (Å²) in [6.07, 6.45) is 1.53. The molecule has 6 heteroatoms. The molecule has 0 aliphatic carbocycles. The van der Waals surface area contributed by atoms with Gasteiger partial charge in [-0.3, -0.25) is 0 Å². The molecular weight excluding hydrogens is 344 g/mol. The first kappa shape index (κ1) is 23.3. The monoisotopic (exact) mass is 382 g/mol. The van der Waals surface area contributed by atoms with Crippen molar-refractivity contribution in [3.63, 3.8) is 0 Å². The molecule has 0 radical (unpaired) electrons. The van der Waals surface area contributed by atoms with E-state index >= 15 is 0 Å². The van der Waals surface area contributed by atoms with Crippen LogP contribution in [-0.2, 0) is 25.4 Å². The van der Waals surface area contributed by atoms with E-state index in [1.165, 1.54) is 0 Å². The molecular formula is C20H38N2O3Si. The number of nitrogens with two attached hydrogens (primary N) is 2. The topological polar surface area (TPSA) is 79.7 Å². The molecule has 0 aliphatic heterocycles. The molecule has 1 aromatic rings. The zero-order chi connectivity index (χ0) is 20.0. The molecule has 1 aromatic carbocycles. The zero-order valence-corrected chi connectivity index (χ0v) is 18.5. The summed E-state index contributed by atoms with van der Waals surface area (Å²) in [6, 6.07) is 8.78. The number of aryl methyl sites for hydroxylation is 1. The molecule has 0 atom stereocenters. The highest BCUT2D eigenvalue weighted by Gasteiger charge is 2.44. The summed E-state index contributed by atoms with van der Waals surface area (Å²) in [4.78, 5) is 0. The Morgan fingerprint density at radius 1 is 0.885 bits per heavy atom. The van der Waals surface area contributed by atoms with Crippen LogP contribution in [0.4, 0.5) is 0 Å². The van der Waals surface area contributed by atoms with Gasteiger partial charge in [0.1, 0.15) is 0 Å². The summed E-state index contributed by atoms with van der Waals surface area (Å²) in [7, 11) is -2.84. The highest BCUT2D eigenvalue weighted by atomic mass is 28.4. The summed E-state index contributed by atoms with van der Waals surface area (Å²) >= 11 is 0. The molecule has 0 bridgehead atoms. The van der Waals surface area contributed by atoms with E-state index in [1.807, 2.05) is 66.7 Å². The van der Waals surface area contributed by atoms with E-state index in [2.05, 4.69) is 6.07 Å². The molecule has 0 amide bonds. The Bertz CT molecular complexity index is 521. The van der Waals surface area contributed by atoms with E-state index < -0.39 is 14.5 Å². The Labute approximate surface area is 160 Å². The second kappa shape index (κ2) is 9.97. The van der Waals surface area contributed by atoms with Crippen LogP contribution in [0.5, 0.6) is 0 Å². The van der Waals surface area contributed by atoms with E-state index in [0.29, 0.717) is 12.5 Å². The van der Waals surface area contributed by atoms with Crippen LogP contribution in [0.2, 0.25) is 6.04 Å². The Kier molecular flexibility index (Phi) is 8.92. The lowest BCUT2D eigenvalue weighted by Crippen LogP contribution is -2.51. The van der Waals surface area contributed by atoms with Crippen LogP contribution in [0.3, 0.4) is 0 Å². The Morgan fingerprint density at radius 3 is 1.77 bits per heavy atom. The maximum Gasteiger partial charge on any atom is 0.501 e. The van der Waals surface area contributed by atoms with Crippen molar-refractivity contribution in [1.82, 2.24) is 0 Å². The predicted molar refractivity (Wildman–Crippen MR) is 110 cm³/mol. The average Bonchev–Trinajstić information content (AvgIpc) is 2.51.